The standard InChI is InChI=1S/C14H15FO2/c1-8-4-5-11(15)7-12(8)14(16)13-6-9(2)17-10(13)3/h4-7,14,16H,1-3H3. The molecule has 2 aromatic rings. The summed E-state index contributed by atoms with van der Waals surface area (Å²) in [7, 11) is 0. The lowest BCUT2D eigenvalue weighted by Gasteiger charge is -2.13. The maximum Gasteiger partial charge on any atom is 0.123 e. The summed E-state index contributed by atoms with van der Waals surface area (Å²) in [6.07, 6.45) is -0.844. The van der Waals surface area contributed by atoms with Gasteiger partial charge in [0.05, 0.1) is 0 Å². The highest BCUT2D eigenvalue weighted by atomic mass is 19.1. The smallest absolute Gasteiger partial charge is 0.123 e. The molecule has 2 rings (SSSR count). The first-order valence-corrected chi connectivity index (χ1v) is 5.50. The molecular formula is C14H15FO2. The van der Waals surface area contributed by atoms with E-state index in [0.29, 0.717) is 16.9 Å². The third-order valence-electron chi connectivity index (χ3n) is 2.91. The number of aliphatic hydroxyl groups is 1. The molecule has 0 spiro atoms. The van der Waals surface area contributed by atoms with Crippen LogP contribution >= 0.6 is 0 Å². The molecule has 0 aliphatic carbocycles. The Hall–Kier alpha value is -1.61. The van der Waals surface area contributed by atoms with E-state index in [1.165, 1.54) is 12.1 Å². The predicted octanol–water partition coefficient (Wildman–Crippen LogP) is 3.43. The van der Waals surface area contributed by atoms with Gasteiger partial charge in [-0.05, 0) is 50.1 Å². The summed E-state index contributed by atoms with van der Waals surface area (Å²) in [6.45, 7) is 5.46. The Morgan fingerprint density at radius 3 is 2.41 bits per heavy atom. The summed E-state index contributed by atoms with van der Waals surface area (Å²) in [5.41, 5.74) is 2.13. The second-order valence-electron chi connectivity index (χ2n) is 4.27. The maximum absolute atomic E-state index is 13.2. The molecule has 1 aromatic heterocycles. The van der Waals surface area contributed by atoms with E-state index in [4.69, 9.17) is 4.42 Å². The molecule has 2 nitrogen and oxygen atoms in total. The number of hydrogen-bond acceptors (Lipinski definition) is 2. The topological polar surface area (TPSA) is 33.4 Å². The van der Waals surface area contributed by atoms with Crippen molar-refractivity contribution >= 4 is 0 Å². The van der Waals surface area contributed by atoms with Crippen LogP contribution in [0.4, 0.5) is 4.39 Å². The minimum atomic E-state index is -0.844. The normalized spacial score (nSPS) is 12.8. The third kappa shape index (κ3) is 2.24. The second kappa shape index (κ2) is 4.34. The SMILES string of the molecule is Cc1cc(C(O)c2cc(F)ccc2C)c(C)o1. The Labute approximate surface area is 99.7 Å². The Morgan fingerprint density at radius 1 is 1.12 bits per heavy atom. The van der Waals surface area contributed by atoms with Gasteiger partial charge in [0.25, 0.3) is 0 Å². The Balaban J connectivity index is 2.46. The van der Waals surface area contributed by atoms with Gasteiger partial charge in [-0.25, -0.2) is 4.39 Å². The summed E-state index contributed by atoms with van der Waals surface area (Å²) in [5, 5.41) is 10.3. The van der Waals surface area contributed by atoms with Crippen molar-refractivity contribution in [3.8, 4) is 0 Å². The zero-order valence-corrected chi connectivity index (χ0v) is 10.1. The fourth-order valence-electron chi connectivity index (χ4n) is 2.00. The van der Waals surface area contributed by atoms with E-state index in [9.17, 15) is 9.50 Å². The van der Waals surface area contributed by atoms with Crippen molar-refractivity contribution in [3.63, 3.8) is 0 Å². The van der Waals surface area contributed by atoms with Crippen LogP contribution in [0.5, 0.6) is 0 Å². The lowest BCUT2D eigenvalue weighted by molar-refractivity contribution is 0.216. The van der Waals surface area contributed by atoms with Crippen LogP contribution in [-0.2, 0) is 0 Å². The minimum absolute atomic E-state index is 0.345. The molecule has 0 aliphatic rings. The Kier molecular flexibility index (Phi) is 3.03. The van der Waals surface area contributed by atoms with E-state index in [2.05, 4.69) is 0 Å². The van der Waals surface area contributed by atoms with Crippen LogP contribution in [0, 0.1) is 26.6 Å². The Morgan fingerprint density at radius 2 is 1.82 bits per heavy atom. The van der Waals surface area contributed by atoms with Crippen molar-refractivity contribution in [2.75, 3.05) is 0 Å². The molecule has 1 atom stereocenters. The lowest BCUT2D eigenvalue weighted by Crippen LogP contribution is -2.02. The number of furan rings is 1. The van der Waals surface area contributed by atoms with Crippen molar-refractivity contribution in [1.29, 1.82) is 0 Å². The summed E-state index contributed by atoms with van der Waals surface area (Å²) in [6, 6.07) is 6.20. The number of aryl methyl sites for hydroxylation is 3. The molecule has 0 bridgehead atoms. The first-order valence-electron chi connectivity index (χ1n) is 5.50. The number of benzene rings is 1. The Bertz CT molecular complexity index is 543. The predicted molar refractivity (Wildman–Crippen MR) is 63.4 cm³/mol. The van der Waals surface area contributed by atoms with Crippen molar-refractivity contribution in [2.24, 2.45) is 0 Å². The van der Waals surface area contributed by atoms with Crippen molar-refractivity contribution in [3.05, 3.63) is 58.3 Å². The largest absolute Gasteiger partial charge is 0.466 e. The average Bonchev–Trinajstić information content (AvgIpc) is 2.60. The van der Waals surface area contributed by atoms with Gasteiger partial charge in [0.2, 0.25) is 0 Å². The van der Waals surface area contributed by atoms with Crippen LogP contribution in [0.3, 0.4) is 0 Å². The van der Waals surface area contributed by atoms with E-state index < -0.39 is 6.10 Å². The first kappa shape index (κ1) is 11.9. The van der Waals surface area contributed by atoms with Crippen molar-refractivity contribution < 1.29 is 13.9 Å². The van der Waals surface area contributed by atoms with Gasteiger partial charge in [0, 0.05) is 5.56 Å². The molecule has 1 unspecified atom stereocenters. The zero-order valence-electron chi connectivity index (χ0n) is 10.1. The summed E-state index contributed by atoms with van der Waals surface area (Å²) >= 11 is 0. The number of halogens is 1. The molecule has 0 fully saturated rings. The molecule has 1 heterocycles. The van der Waals surface area contributed by atoms with E-state index >= 15 is 0 Å². The van der Waals surface area contributed by atoms with Crippen molar-refractivity contribution in [2.45, 2.75) is 26.9 Å². The molecule has 90 valence electrons. The van der Waals surface area contributed by atoms with Crippen LogP contribution in [0.15, 0.2) is 28.7 Å². The van der Waals surface area contributed by atoms with E-state index in [1.54, 1.807) is 19.1 Å². The molecule has 0 amide bonds. The van der Waals surface area contributed by atoms with Crippen LogP contribution in [0.25, 0.3) is 0 Å². The summed E-state index contributed by atoms with van der Waals surface area (Å²) in [4.78, 5) is 0. The van der Waals surface area contributed by atoms with Crippen molar-refractivity contribution in [1.82, 2.24) is 0 Å². The van der Waals surface area contributed by atoms with Gasteiger partial charge in [-0.15, -0.1) is 0 Å². The monoisotopic (exact) mass is 234 g/mol. The highest BCUT2D eigenvalue weighted by molar-refractivity contribution is 5.37. The molecule has 1 aromatic carbocycles. The number of aliphatic hydroxyl groups excluding tert-OH is 1. The fraction of sp³-hybridized carbons (Fsp3) is 0.286. The van der Waals surface area contributed by atoms with E-state index in [1.807, 2.05) is 13.8 Å². The van der Waals surface area contributed by atoms with Gasteiger partial charge in [-0.1, -0.05) is 6.07 Å². The van der Waals surface area contributed by atoms with Crippen LogP contribution in [0.1, 0.15) is 34.3 Å². The number of rotatable bonds is 2. The molecule has 3 heteroatoms. The minimum Gasteiger partial charge on any atom is -0.466 e. The van der Waals surface area contributed by atoms with Crippen LogP contribution < -0.4 is 0 Å². The quantitative estimate of drug-likeness (QED) is 0.863. The third-order valence-corrected chi connectivity index (χ3v) is 2.91. The van der Waals surface area contributed by atoms with E-state index in [0.717, 1.165) is 11.3 Å². The first-order chi connectivity index (χ1) is 7.99. The molecule has 0 saturated heterocycles. The van der Waals surface area contributed by atoms with Gasteiger partial charge >= 0.3 is 0 Å². The summed E-state index contributed by atoms with van der Waals surface area (Å²) < 4.78 is 18.6. The van der Waals surface area contributed by atoms with Crippen LogP contribution in [-0.4, -0.2) is 5.11 Å². The molecule has 1 N–H and O–H groups in total. The van der Waals surface area contributed by atoms with Gasteiger partial charge in [0.1, 0.15) is 23.4 Å². The average molecular weight is 234 g/mol. The highest BCUT2D eigenvalue weighted by Gasteiger charge is 2.18. The molecule has 17 heavy (non-hydrogen) atoms. The summed E-state index contributed by atoms with van der Waals surface area (Å²) in [5.74, 6) is 1.06. The molecular weight excluding hydrogens is 219 g/mol. The number of hydrogen-bond donors (Lipinski definition) is 1. The van der Waals surface area contributed by atoms with E-state index in [-0.39, 0.29) is 5.82 Å². The highest BCUT2D eigenvalue weighted by Crippen LogP contribution is 2.29. The fourth-order valence-corrected chi connectivity index (χ4v) is 2.00. The van der Waals surface area contributed by atoms with Gasteiger partial charge in [-0.2, -0.15) is 0 Å². The molecule has 0 radical (unpaired) electrons. The van der Waals surface area contributed by atoms with Gasteiger partial charge in [0.15, 0.2) is 0 Å². The van der Waals surface area contributed by atoms with Gasteiger partial charge < -0.3 is 9.52 Å². The lowest BCUT2D eigenvalue weighted by atomic mass is 9.97. The van der Waals surface area contributed by atoms with Crippen LogP contribution in [0.2, 0.25) is 0 Å². The molecule has 0 aliphatic heterocycles. The zero-order chi connectivity index (χ0) is 12.6. The second-order valence-corrected chi connectivity index (χ2v) is 4.27. The van der Waals surface area contributed by atoms with Gasteiger partial charge in [-0.3, -0.25) is 0 Å². The molecule has 0 saturated carbocycles. The maximum atomic E-state index is 13.2.